The van der Waals surface area contributed by atoms with Gasteiger partial charge in [0, 0.05) is 39.9 Å². The molecular weight excluding hydrogens is 455 g/mol. The van der Waals surface area contributed by atoms with Gasteiger partial charge in [-0.15, -0.1) is 24.0 Å². The summed E-state index contributed by atoms with van der Waals surface area (Å²) in [5.74, 6) is 0.884. The maximum Gasteiger partial charge on any atom is 0.191 e. The van der Waals surface area contributed by atoms with Crippen molar-refractivity contribution >= 4 is 29.9 Å². The minimum absolute atomic E-state index is 0. The van der Waals surface area contributed by atoms with Crippen LogP contribution >= 0.6 is 24.0 Å². The minimum Gasteiger partial charge on any atom is -0.382 e. The molecular formula is C20H37IN4O2. The molecule has 0 saturated heterocycles. The van der Waals surface area contributed by atoms with Crippen LogP contribution in [0.5, 0.6) is 0 Å². The summed E-state index contributed by atoms with van der Waals surface area (Å²) in [6.45, 7) is 8.67. The van der Waals surface area contributed by atoms with E-state index in [9.17, 15) is 0 Å². The quantitative estimate of drug-likeness (QED) is 0.181. The lowest BCUT2D eigenvalue weighted by Crippen LogP contribution is -2.38. The lowest BCUT2D eigenvalue weighted by molar-refractivity contribution is 0.0702. The maximum atomic E-state index is 5.45. The van der Waals surface area contributed by atoms with Crippen LogP contribution in [-0.2, 0) is 16.0 Å². The van der Waals surface area contributed by atoms with E-state index in [0.717, 1.165) is 58.1 Å². The Labute approximate surface area is 182 Å². The first-order valence-electron chi connectivity index (χ1n) is 9.57. The Morgan fingerprint density at radius 1 is 1.07 bits per heavy atom. The monoisotopic (exact) mass is 492 g/mol. The first kappa shape index (κ1) is 26.1. The molecule has 1 aromatic carbocycles. The Morgan fingerprint density at radius 2 is 1.85 bits per heavy atom. The van der Waals surface area contributed by atoms with Crippen LogP contribution in [0.3, 0.4) is 0 Å². The van der Waals surface area contributed by atoms with Gasteiger partial charge in [0.2, 0.25) is 0 Å². The van der Waals surface area contributed by atoms with Gasteiger partial charge >= 0.3 is 0 Å². The zero-order valence-electron chi connectivity index (χ0n) is 17.1. The second kappa shape index (κ2) is 18.5. The third kappa shape index (κ3) is 14.8. The SMILES string of the molecule is CCNC(=NCCCOCCOC)NCCCN(C)Cc1ccccc1.I. The van der Waals surface area contributed by atoms with Crippen LogP contribution in [0, 0.1) is 0 Å². The van der Waals surface area contributed by atoms with Crippen molar-refractivity contribution in [1.29, 1.82) is 0 Å². The molecule has 156 valence electrons. The Morgan fingerprint density at radius 3 is 2.56 bits per heavy atom. The van der Waals surface area contributed by atoms with Crippen LogP contribution < -0.4 is 10.6 Å². The third-order valence-electron chi connectivity index (χ3n) is 3.80. The molecule has 0 amide bonds. The van der Waals surface area contributed by atoms with Gasteiger partial charge in [-0.05, 0) is 38.9 Å². The maximum absolute atomic E-state index is 5.45. The molecule has 7 heteroatoms. The highest BCUT2D eigenvalue weighted by atomic mass is 127. The number of rotatable bonds is 14. The van der Waals surface area contributed by atoms with Crippen molar-refractivity contribution in [3.05, 3.63) is 35.9 Å². The summed E-state index contributed by atoms with van der Waals surface area (Å²) >= 11 is 0. The van der Waals surface area contributed by atoms with Gasteiger partial charge in [0.15, 0.2) is 5.96 Å². The van der Waals surface area contributed by atoms with Crippen LogP contribution in [0.1, 0.15) is 25.3 Å². The average Bonchev–Trinajstić information content (AvgIpc) is 2.65. The smallest absolute Gasteiger partial charge is 0.191 e. The van der Waals surface area contributed by atoms with Gasteiger partial charge in [-0.1, -0.05) is 30.3 Å². The van der Waals surface area contributed by atoms with E-state index in [2.05, 4.69) is 64.8 Å². The van der Waals surface area contributed by atoms with E-state index >= 15 is 0 Å². The Balaban J connectivity index is 0.00000676. The van der Waals surface area contributed by atoms with Crippen LogP contribution in [0.25, 0.3) is 0 Å². The van der Waals surface area contributed by atoms with E-state index in [0.29, 0.717) is 13.2 Å². The highest BCUT2D eigenvalue weighted by Crippen LogP contribution is 2.02. The number of halogens is 1. The second-order valence-corrected chi connectivity index (χ2v) is 6.22. The predicted octanol–water partition coefficient (Wildman–Crippen LogP) is 2.73. The fourth-order valence-corrected chi connectivity index (χ4v) is 2.47. The Bertz CT molecular complexity index is 474. The molecule has 0 aliphatic carbocycles. The predicted molar refractivity (Wildman–Crippen MR) is 124 cm³/mol. The van der Waals surface area contributed by atoms with Crippen molar-refractivity contribution in [2.45, 2.75) is 26.3 Å². The Hall–Kier alpha value is -0.900. The molecule has 27 heavy (non-hydrogen) atoms. The van der Waals surface area contributed by atoms with Crippen LogP contribution in [0.15, 0.2) is 35.3 Å². The molecule has 0 saturated carbocycles. The fraction of sp³-hybridized carbons (Fsp3) is 0.650. The lowest BCUT2D eigenvalue weighted by atomic mass is 10.2. The third-order valence-corrected chi connectivity index (χ3v) is 3.80. The van der Waals surface area contributed by atoms with Crippen molar-refractivity contribution in [3.63, 3.8) is 0 Å². The first-order valence-corrected chi connectivity index (χ1v) is 9.57. The number of methoxy groups -OCH3 is 1. The van der Waals surface area contributed by atoms with E-state index in [1.54, 1.807) is 7.11 Å². The van der Waals surface area contributed by atoms with E-state index in [1.165, 1.54) is 5.56 Å². The number of nitrogens with zero attached hydrogens (tertiary/aromatic N) is 2. The van der Waals surface area contributed by atoms with Crippen molar-refractivity contribution in [1.82, 2.24) is 15.5 Å². The summed E-state index contributed by atoms with van der Waals surface area (Å²) in [6.07, 6.45) is 1.99. The van der Waals surface area contributed by atoms with E-state index in [-0.39, 0.29) is 24.0 Å². The van der Waals surface area contributed by atoms with E-state index in [4.69, 9.17) is 9.47 Å². The molecule has 1 aromatic rings. The van der Waals surface area contributed by atoms with Crippen molar-refractivity contribution in [2.75, 3.05) is 60.2 Å². The molecule has 6 nitrogen and oxygen atoms in total. The van der Waals surface area contributed by atoms with Crippen LogP contribution in [-0.4, -0.2) is 71.0 Å². The first-order chi connectivity index (χ1) is 12.8. The van der Waals surface area contributed by atoms with Gasteiger partial charge in [0.05, 0.1) is 13.2 Å². The van der Waals surface area contributed by atoms with Gasteiger partial charge in [-0.25, -0.2) is 0 Å². The molecule has 0 aliphatic heterocycles. The van der Waals surface area contributed by atoms with Crippen LogP contribution in [0.2, 0.25) is 0 Å². The molecule has 2 N–H and O–H groups in total. The molecule has 0 unspecified atom stereocenters. The van der Waals surface area contributed by atoms with Gasteiger partial charge < -0.3 is 25.0 Å². The molecule has 0 atom stereocenters. The average molecular weight is 492 g/mol. The van der Waals surface area contributed by atoms with E-state index < -0.39 is 0 Å². The van der Waals surface area contributed by atoms with Crippen molar-refractivity contribution in [2.24, 2.45) is 4.99 Å². The highest BCUT2D eigenvalue weighted by Gasteiger charge is 2.01. The summed E-state index contributed by atoms with van der Waals surface area (Å²) in [4.78, 5) is 6.93. The lowest BCUT2D eigenvalue weighted by Gasteiger charge is -2.17. The Kier molecular flexibility index (Phi) is 17.8. The molecule has 0 fully saturated rings. The number of hydrogen-bond acceptors (Lipinski definition) is 4. The molecule has 0 spiro atoms. The normalized spacial score (nSPS) is 11.3. The summed E-state index contributed by atoms with van der Waals surface area (Å²) < 4.78 is 10.4. The molecule has 0 aromatic heterocycles. The standard InChI is InChI=1S/C20H36N4O2.HI/c1-4-21-20(23-13-9-15-26-17-16-25-3)22-12-8-14-24(2)18-19-10-6-5-7-11-19;/h5-7,10-11H,4,8-9,12-18H2,1-3H3,(H2,21,22,23);1H. The second-order valence-electron chi connectivity index (χ2n) is 6.22. The van der Waals surface area contributed by atoms with Crippen molar-refractivity contribution in [3.8, 4) is 0 Å². The van der Waals surface area contributed by atoms with Gasteiger partial charge in [0.1, 0.15) is 0 Å². The topological polar surface area (TPSA) is 58.1 Å². The molecule has 0 bridgehead atoms. The molecule has 0 radical (unpaired) electrons. The van der Waals surface area contributed by atoms with Crippen molar-refractivity contribution < 1.29 is 9.47 Å². The zero-order valence-corrected chi connectivity index (χ0v) is 19.4. The summed E-state index contributed by atoms with van der Waals surface area (Å²) in [5.41, 5.74) is 1.35. The number of hydrogen-bond donors (Lipinski definition) is 2. The van der Waals surface area contributed by atoms with Crippen LogP contribution in [0.4, 0.5) is 0 Å². The minimum atomic E-state index is 0. The highest BCUT2D eigenvalue weighted by molar-refractivity contribution is 14.0. The summed E-state index contributed by atoms with van der Waals surface area (Å²) in [7, 11) is 3.84. The molecule has 0 heterocycles. The van der Waals surface area contributed by atoms with Gasteiger partial charge in [-0.2, -0.15) is 0 Å². The zero-order chi connectivity index (χ0) is 18.9. The fourth-order valence-electron chi connectivity index (χ4n) is 2.47. The van der Waals surface area contributed by atoms with Gasteiger partial charge in [0.25, 0.3) is 0 Å². The summed E-state index contributed by atoms with van der Waals surface area (Å²) in [5, 5.41) is 6.69. The number of nitrogens with one attached hydrogen (secondary N) is 2. The molecule has 0 aliphatic rings. The largest absolute Gasteiger partial charge is 0.382 e. The molecule has 1 rings (SSSR count). The summed E-state index contributed by atoms with van der Waals surface area (Å²) in [6, 6.07) is 10.6. The number of ether oxygens (including phenoxy) is 2. The van der Waals surface area contributed by atoms with Gasteiger partial charge in [-0.3, -0.25) is 4.99 Å². The number of benzene rings is 1. The number of aliphatic imine (C=N–C) groups is 1. The van der Waals surface area contributed by atoms with E-state index in [1.807, 2.05) is 0 Å². The number of guanidine groups is 1.